The van der Waals surface area contributed by atoms with Crippen molar-refractivity contribution >= 4 is 5.97 Å². The van der Waals surface area contributed by atoms with E-state index in [4.69, 9.17) is 0 Å². The Morgan fingerprint density at radius 1 is 1.38 bits per heavy atom. The van der Waals surface area contributed by atoms with E-state index in [-0.39, 0.29) is 29.6 Å². The molecule has 0 amide bonds. The zero-order chi connectivity index (χ0) is 11.3. The summed E-state index contributed by atoms with van der Waals surface area (Å²) in [5.41, 5.74) is 0.606. The Kier molecular flexibility index (Phi) is 7.62. The predicted octanol–water partition coefficient (Wildman–Crippen LogP) is -0.707. The normalized spacial score (nSPS) is 21.8. The topological polar surface area (TPSA) is 40.1 Å². The molecule has 1 aliphatic carbocycles. The molecule has 3 heteroatoms. The summed E-state index contributed by atoms with van der Waals surface area (Å²) < 4.78 is 0. The number of aliphatic carboxylic acids is 1. The van der Waals surface area contributed by atoms with Crippen molar-refractivity contribution in [2.45, 2.75) is 52.4 Å². The van der Waals surface area contributed by atoms with E-state index < -0.39 is 5.97 Å². The summed E-state index contributed by atoms with van der Waals surface area (Å²) in [6.45, 7) is 4.67. The van der Waals surface area contributed by atoms with Crippen LogP contribution in [0.3, 0.4) is 0 Å². The van der Waals surface area contributed by atoms with E-state index in [1.165, 1.54) is 25.7 Å². The Morgan fingerprint density at radius 3 is 2.50 bits per heavy atom. The van der Waals surface area contributed by atoms with Crippen LogP contribution in [0.5, 0.6) is 0 Å². The Labute approximate surface area is 121 Å². The third kappa shape index (κ3) is 6.72. The maximum Gasteiger partial charge on any atom is 1.00 e. The molecule has 1 aliphatic rings. The number of carbonyl (C=O) groups is 1. The second-order valence-electron chi connectivity index (χ2n) is 5.25. The first-order valence-corrected chi connectivity index (χ1v) is 5.90. The molecule has 0 aliphatic heterocycles. The molecule has 0 bridgehead atoms. The van der Waals surface area contributed by atoms with E-state index in [9.17, 15) is 9.90 Å². The van der Waals surface area contributed by atoms with Gasteiger partial charge in [0.2, 0.25) is 0 Å². The van der Waals surface area contributed by atoms with Crippen molar-refractivity contribution in [1.82, 2.24) is 0 Å². The molecule has 0 radical (unpaired) electrons. The van der Waals surface area contributed by atoms with Crippen molar-refractivity contribution in [1.29, 1.82) is 0 Å². The molecule has 0 spiro atoms. The van der Waals surface area contributed by atoms with Gasteiger partial charge in [-0.3, -0.25) is 0 Å². The summed E-state index contributed by atoms with van der Waals surface area (Å²) in [5, 5.41) is 10.1. The van der Waals surface area contributed by atoms with Crippen molar-refractivity contribution in [3.05, 3.63) is 12.2 Å². The van der Waals surface area contributed by atoms with Gasteiger partial charge in [0, 0.05) is 0 Å². The second-order valence-corrected chi connectivity index (χ2v) is 5.25. The van der Waals surface area contributed by atoms with Gasteiger partial charge in [-0.15, -0.1) is 0 Å². The van der Waals surface area contributed by atoms with Crippen LogP contribution in [0.15, 0.2) is 12.2 Å². The Hall–Kier alpha value is 0.210. The maximum atomic E-state index is 10.1. The van der Waals surface area contributed by atoms with Crippen molar-refractivity contribution < 1.29 is 39.5 Å². The van der Waals surface area contributed by atoms with Gasteiger partial charge >= 0.3 is 29.6 Å². The van der Waals surface area contributed by atoms with Crippen molar-refractivity contribution in [2.24, 2.45) is 11.3 Å². The summed E-state index contributed by atoms with van der Waals surface area (Å²) >= 11 is 0. The van der Waals surface area contributed by atoms with Crippen LogP contribution in [-0.2, 0) is 4.79 Å². The number of unbranched alkanes of at least 4 members (excludes halogenated alkanes) is 3. The van der Waals surface area contributed by atoms with Gasteiger partial charge in [0.25, 0.3) is 0 Å². The van der Waals surface area contributed by atoms with Crippen LogP contribution in [0, 0.1) is 11.3 Å². The fourth-order valence-corrected chi connectivity index (χ4v) is 2.08. The number of hydrogen-bond acceptors (Lipinski definition) is 2. The Morgan fingerprint density at radius 2 is 2.00 bits per heavy atom. The van der Waals surface area contributed by atoms with Gasteiger partial charge in [0.1, 0.15) is 0 Å². The third-order valence-corrected chi connectivity index (χ3v) is 3.39. The molecule has 1 fully saturated rings. The van der Waals surface area contributed by atoms with E-state index in [0.29, 0.717) is 5.41 Å². The first-order chi connectivity index (χ1) is 7.02. The van der Waals surface area contributed by atoms with Crippen LogP contribution < -0.4 is 34.7 Å². The molecule has 0 N–H and O–H groups in total. The summed E-state index contributed by atoms with van der Waals surface area (Å²) in [7, 11) is 0. The summed E-state index contributed by atoms with van der Waals surface area (Å²) in [6, 6.07) is 0. The van der Waals surface area contributed by atoms with Crippen LogP contribution in [0.1, 0.15) is 52.4 Å². The van der Waals surface area contributed by atoms with Crippen LogP contribution in [0.4, 0.5) is 0 Å². The fourth-order valence-electron chi connectivity index (χ4n) is 2.08. The van der Waals surface area contributed by atoms with E-state index in [1.807, 2.05) is 0 Å². The average Bonchev–Trinajstić information content (AvgIpc) is 2.72. The number of hydrogen-bond donors (Lipinski definition) is 0. The van der Waals surface area contributed by atoms with Crippen molar-refractivity contribution in [3.8, 4) is 0 Å². The number of rotatable bonds is 7. The first kappa shape index (κ1) is 16.2. The van der Waals surface area contributed by atoms with Crippen LogP contribution in [0.25, 0.3) is 0 Å². The molecule has 86 valence electrons. The van der Waals surface area contributed by atoms with Crippen LogP contribution in [0.2, 0.25) is 0 Å². The predicted molar refractivity (Wildman–Crippen MR) is 59.1 cm³/mol. The SMILES string of the molecule is CC1(C)CC1CCCCC/C=C/C(=O)[O-].[Na+]. The van der Waals surface area contributed by atoms with Crippen molar-refractivity contribution in [2.75, 3.05) is 0 Å². The number of carboxylic acid groups (broad SMARTS) is 1. The molecule has 16 heavy (non-hydrogen) atoms. The minimum Gasteiger partial charge on any atom is -0.545 e. The molecule has 1 unspecified atom stereocenters. The molecule has 0 saturated heterocycles. The zero-order valence-electron chi connectivity index (χ0n) is 10.8. The maximum absolute atomic E-state index is 10.1. The van der Waals surface area contributed by atoms with Gasteiger partial charge in [0.05, 0.1) is 5.97 Å². The molecule has 0 aromatic rings. The van der Waals surface area contributed by atoms with Gasteiger partial charge in [-0.25, -0.2) is 0 Å². The summed E-state index contributed by atoms with van der Waals surface area (Å²) in [5.74, 6) is -0.147. The molecule has 0 aromatic carbocycles. The zero-order valence-corrected chi connectivity index (χ0v) is 12.8. The van der Waals surface area contributed by atoms with Gasteiger partial charge in [-0.2, -0.15) is 0 Å². The third-order valence-electron chi connectivity index (χ3n) is 3.39. The molecule has 0 heterocycles. The second kappa shape index (κ2) is 7.52. The van der Waals surface area contributed by atoms with E-state index in [2.05, 4.69) is 13.8 Å². The first-order valence-electron chi connectivity index (χ1n) is 5.90. The van der Waals surface area contributed by atoms with Crippen LogP contribution in [-0.4, -0.2) is 5.97 Å². The summed E-state index contributed by atoms with van der Waals surface area (Å²) in [4.78, 5) is 10.1. The molecule has 1 saturated carbocycles. The fraction of sp³-hybridized carbons (Fsp3) is 0.769. The van der Waals surface area contributed by atoms with E-state index in [0.717, 1.165) is 24.8 Å². The minimum atomic E-state index is -1.09. The smallest absolute Gasteiger partial charge is 0.545 e. The molecule has 0 aromatic heterocycles. The monoisotopic (exact) mass is 232 g/mol. The van der Waals surface area contributed by atoms with Gasteiger partial charge in [-0.05, 0) is 43.1 Å². The Bertz CT molecular complexity index is 246. The van der Waals surface area contributed by atoms with E-state index in [1.54, 1.807) is 6.08 Å². The minimum absolute atomic E-state index is 0. The van der Waals surface area contributed by atoms with Crippen LogP contribution >= 0.6 is 0 Å². The van der Waals surface area contributed by atoms with Gasteiger partial charge < -0.3 is 9.90 Å². The number of allylic oxidation sites excluding steroid dienone is 1. The standard InChI is InChI=1S/C13H22O2.Na/c1-13(2)10-11(13)8-6-4-3-5-7-9-12(14)15;/h7,9,11H,3-6,8,10H2,1-2H3,(H,14,15);/q;+1/p-1/b9-7+;. The molecular formula is C13H21NaO2. The number of carbonyl (C=O) groups excluding carboxylic acids is 1. The van der Waals surface area contributed by atoms with E-state index >= 15 is 0 Å². The molecule has 1 rings (SSSR count). The number of carboxylic acids is 1. The van der Waals surface area contributed by atoms with Gasteiger partial charge in [-0.1, -0.05) is 32.8 Å². The largest absolute Gasteiger partial charge is 1.00 e. The summed E-state index contributed by atoms with van der Waals surface area (Å²) in [6.07, 6.45) is 10.0. The van der Waals surface area contributed by atoms with Crippen molar-refractivity contribution in [3.63, 3.8) is 0 Å². The molecular weight excluding hydrogens is 211 g/mol. The molecule has 2 nitrogen and oxygen atoms in total. The van der Waals surface area contributed by atoms with Gasteiger partial charge in [0.15, 0.2) is 0 Å². The molecule has 1 atom stereocenters. The average molecular weight is 232 g/mol. The Balaban J connectivity index is 0.00000225. The quantitative estimate of drug-likeness (QED) is 0.331.